The van der Waals surface area contributed by atoms with E-state index >= 15 is 0 Å². The first-order valence-electron chi connectivity index (χ1n) is 6.49. The summed E-state index contributed by atoms with van der Waals surface area (Å²) in [6, 6.07) is 4.14. The summed E-state index contributed by atoms with van der Waals surface area (Å²) in [6.45, 7) is 5.33. The number of nitrogens with one attached hydrogen (secondary N) is 1. The van der Waals surface area contributed by atoms with Crippen LogP contribution in [0.25, 0.3) is 0 Å². The van der Waals surface area contributed by atoms with Crippen LogP contribution in [-0.4, -0.2) is 11.5 Å². The summed E-state index contributed by atoms with van der Waals surface area (Å²) in [4.78, 5) is 4.26. The van der Waals surface area contributed by atoms with Gasteiger partial charge in [-0.2, -0.15) is 0 Å². The Hall–Kier alpha value is -1.05. The van der Waals surface area contributed by atoms with Crippen LogP contribution in [0.15, 0.2) is 18.3 Å². The Bertz CT molecular complexity index is 267. The smallest absolute Gasteiger partial charge is 0.0526 e. The molecule has 0 fully saturated rings. The molecule has 1 N–H and O–H groups in total. The third-order valence-electron chi connectivity index (χ3n) is 2.77. The van der Waals surface area contributed by atoms with Crippen molar-refractivity contribution >= 4 is 5.69 Å². The molecule has 1 rings (SSSR count). The van der Waals surface area contributed by atoms with Gasteiger partial charge in [0.1, 0.15) is 0 Å². The molecule has 2 nitrogen and oxygen atoms in total. The van der Waals surface area contributed by atoms with E-state index in [0.717, 1.165) is 17.9 Å². The first-order chi connectivity index (χ1) is 7.83. The van der Waals surface area contributed by atoms with E-state index in [1.54, 1.807) is 0 Å². The highest BCUT2D eigenvalue weighted by atomic mass is 14.9. The van der Waals surface area contributed by atoms with Gasteiger partial charge in [0.2, 0.25) is 0 Å². The summed E-state index contributed by atoms with van der Waals surface area (Å²) in [5.41, 5.74) is 2.21. The molecular formula is C14H24N2. The fourth-order valence-electron chi connectivity index (χ4n) is 1.71. The summed E-state index contributed by atoms with van der Waals surface area (Å²) in [5, 5.41) is 3.40. The lowest BCUT2D eigenvalue weighted by Crippen LogP contribution is -2.01. The average Bonchev–Trinajstić information content (AvgIpc) is 2.30. The van der Waals surface area contributed by atoms with Crippen molar-refractivity contribution in [3.05, 3.63) is 24.0 Å². The first-order valence-corrected chi connectivity index (χ1v) is 6.49. The van der Waals surface area contributed by atoms with Gasteiger partial charge in [0.25, 0.3) is 0 Å². The van der Waals surface area contributed by atoms with Gasteiger partial charge in [-0.05, 0) is 25.5 Å². The van der Waals surface area contributed by atoms with E-state index in [1.165, 1.54) is 38.5 Å². The van der Waals surface area contributed by atoms with Gasteiger partial charge in [-0.15, -0.1) is 0 Å². The predicted molar refractivity (Wildman–Crippen MR) is 70.8 cm³/mol. The first kappa shape index (κ1) is 13.0. The van der Waals surface area contributed by atoms with Gasteiger partial charge in [-0.25, -0.2) is 0 Å². The number of nitrogens with zero attached hydrogens (tertiary/aromatic N) is 1. The Labute approximate surface area is 99.5 Å². The molecule has 1 aromatic rings. The minimum absolute atomic E-state index is 1.07. The topological polar surface area (TPSA) is 24.9 Å². The largest absolute Gasteiger partial charge is 0.384 e. The molecule has 0 atom stereocenters. The Balaban J connectivity index is 2.01. The van der Waals surface area contributed by atoms with Gasteiger partial charge < -0.3 is 5.32 Å². The maximum atomic E-state index is 4.26. The van der Waals surface area contributed by atoms with E-state index in [4.69, 9.17) is 0 Å². The highest BCUT2D eigenvalue weighted by Gasteiger charge is 1.92. The van der Waals surface area contributed by atoms with Crippen LogP contribution < -0.4 is 5.32 Å². The maximum Gasteiger partial charge on any atom is 0.0526 e. The zero-order chi connectivity index (χ0) is 11.6. The zero-order valence-corrected chi connectivity index (χ0v) is 10.6. The Morgan fingerprint density at radius 1 is 1.06 bits per heavy atom. The normalized spacial score (nSPS) is 10.4. The zero-order valence-electron chi connectivity index (χ0n) is 10.6. The minimum atomic E-state index is 1.07. The van der Waals surface area contributed by atoms with E-state index < -0.39 is 0 Å². The lowest BCUT2D eigenvalue weighted by Gasteiger charge is -2.05. The van der Waals surface area contributed by atoms with E-state index in [9.17, 15) is 0 Å². The lowest BCUT2D eigenvalue weighted by atomic mass is 10.1. The van der Waals surface area contributed by atoms with E-state index in [0.29, 0.717) is 0 Å². The molecule has 1 heterocycles. The van der Waals surface area contributed by atoms with Crippen LogP contribution in [0.2, 0.25) is 0 Å². The molecule has 0 saturated carbocycles. The lowest BCUT2D eigenvalue weighted by molar-refractivity contribution is 0.617. The molecule has 0 radical (unpaired) electrons. The van der Waals surface area contributed by atoms with Crippen LogP contribution in [0.1, 0.15) is 51.1 Å². The highest BCUT2D eigenvalue weighted by Crippen LogP contribution is 2.08. The molecule has 0 aliphatic rings. The Morgan fingerprint density at radius 3 is 2.50 bits per heavy atom. The van der Waals surface area contributed by atoms with Gasteiger partial charge in [-0.3, -0.25) is 4.98 Å². The SMILES string of the molecule is CCCCCCCCNc1ccc(C)nc1. The molecular weight excluding hydrogens is 196 g/mol. The number of rotatable bonds is 8. The summed E-state index contributed by atoms with van der Waals surface area (Å²) >= 11 is 0. The molecule has 0 aromatic carbocycles. The van der Waals surface area contributed by atoms with Crippen molar-refractivity contribution in [2.75, 3.05) is 11.9 Å². The minimum Gasteiger partial charge on any atom is -0.384 e. The second-order valence-electron chi connectivity index (χ2n) is 4.38. The molecule has 90 valence electrons. The van der Waals surface area contributed by atoms with E-state index in [2.05, 4.69) is 23.3 Å². The number of hydrogen-bond donors (Lipinski definition) is 1. The monoisotopic (exact) mass is 220 g/mol. The summed E-state index contributed by atoms with van der Waals surface area (Å²) in [7, 11) is 0. The van der Waals surface area contributed by atoms with Crippen LogP contribution >= 0.6 is 0 Å². The fraction of sp³-hybridized carbons (Fsp3) is 0.643. The second-order valence-corrected chi connectivity index (χ2v) is 4.38. The quantitative estimate of drug-likeness (QED) is 0.665. The van der Waals surface area contributed by atoms with Crippen LogP contribution in [0, 0.1) is 6.92 Å². The molecule has 1 aromatic heterocycles. The maximum absolute atomic E-state index is 4.26. The third-order valence-corrected chi connectivity index (χ3v) is 2.77. The van der Waals surface area contributed by atoms with E-state index in [-0.39, 0.29) is 0 Å². The number of hydrogen-bond acceptors (Lipinski definition) is 2. The van der Waals surface area contributed by atoms with Crippen molar-refractivity contribution < 1.29 is 0 Å². The number of aromatic nitrogens is 1. The predicted octanol–water partition coefficient (Wildman–Crippen LogP) is 4.16. The fourth-order valence-corrected chi connectivity index (χ4v) is 1.71. The van der Waals surface area contributed by atoms with Crippen molar-refractivity contribution in [1.82, 2.24) is 4.98 Å². The van der Waals surface area contributed by atoms with Gasteiger partial charge in [0.05, 0.1) is 11.9 Å². The van der Waals surface area contributed by atoms with Crippen molar-refractivity contribution in [2.45, 2.75) is 52.4 Å². The van der Waals surface area contributed by atoms with Gasteiger partial charge in [-0.1, -0.05) is 39.0 Å². The second kappa shape index (κ2) is 8.14. The van der Waals surface area contributed by atoms with Crippen molar-refractivity contribution in [2.24, 2.45) is 0 Å². The molecule has 0 spiro atoms. The molecule has 2 heteroatoms. The molecule has 16 heavy (non-hydrogen) atoms. The summed E-state index contributed by atoms with van der Waals surface area (Å²) in [5.74, 6) is 0. The molecule has 0 aliphatic carbocycles. The molecule has 0 amide bonds. The molecule has 0 unspecified atom stereocenters. The van der Waals surface area contributed by atoms with Crippen LogP contribution in [0.4, 0.5) is 5.69 Å². The van der Waals surface area contributed by atoms with Crippen molar-refractivity contribution in [3.63, 3.8) is 0 Å². The molecule has 0 aliphatic heterocycles. The number of pyridine rings is 1. The Kier molecular flexibility index (Phi) is 6.62. The van der Waals surface area contributed by atoms with Gasteiger partial charge >= 0.3 is 0 Å². The number of aryl methyl sites for hydroxylation is 1. The van der Waals surface area contributed by atoms with Crippen molar-refractivity contribution in [3.8, 4) is 0 Å². The third kappa shape index (κ3) is 5.74. The molecule has 0 saturated heterocycles. The van der Waals surface area contributed by atoms with Crippen LogP contribution in [0.3, 0.4) is 0 Å². The van der Waals surface area contributed by atoms with Gasteiger partial charge in [0, 0.05) is 12.2 Å². The summed E-state index contributed by atoms with van der Waals surface area (Å²) in [6.07, 6.45) is 9.99. The summed E-state index contributed by atoms with van der Waals surface area (Å²) < 4.78 is 0. The standard InChI is InChI=1S/C14H24N2/c1-3-4-5-6-7-8-11-15-14-10-9-13(2)16-12-14/h9-10,12,15H,3-8,11H2,1-2H3. The highest BCUT2D eigenvalue weighted by molar-refractivity contribution is 5.40. The number of unbranched alkanes of at least 4 members (excludes halogenated alkanes) is 5. The molecule has 0 bridgehead atoms. The van der Waals surface area contributed by atoms with Crippen LogP contribution in [-0.2, 0) is 0 Å². The van der Waals surface area contributed by atoms with Gasteiger partial charge in [0.15, 0.2) is 0 Å². The van der Waals surface area contributed by atoms with Crippen LogP contribution in [0.5, 0.6) is 0 Å². The van der Waals surface area contributed by atoms with E-state index in [1.807, 2.05) is 19.2 Å². The van der Waals surface area contributed by atoms with Crippen molar-refractivity contribution in [1.29, 1.82) is 0 Å². The average molecular weight is 220 g/mol. The number of anilines is 1. The Morgan fingerprint density at radius 2 is 1.81 bits per heavy atom.